The number of nitrogens with one attached hydrogen (secondary N) is 1. The van der Waals surface area contributed by atoms with Gasteiger partial charge in [0.2, 0.25) is 0 Å². The Bertz CT molecular complexity index is 810. The maximum Gasteiger partial charge on any atom is 0.318 e. The fourth-order valence-electron chi connectivity index (χ4n) is 3.19. The molecular formula is C20H23ClN2O3. The Hall–Kier alpha value is -2.40. The molecule has 0 saturated carbocycles. The van der Waals surface area contributed by atoms with Crippen molar-refractivity contribution in [2.75, 3.05) is 20.8 Å². The van der Waals surface area contributed by atoms with E-state index in [-0.39, 0.29) is 12.1 Å². The van der Waals surface area contributed by atoms with Gasteiger partial charge in [0.05, 0.1) is 20.3 Å². The summed E-state index contributed by atoms with van der Waals surface area (Å²) in [4.78, 5) is 14.5. The molecule has 0 aliphatic carbocycles. The van der Waals surface area contributed by atoms with Crippen molar-refractivity contribution in [3.63, 3.8) is 0 Å². The highest BCUT2D eigenvalue weighted by Crippen LogP contribution is 2.33. The normalized spacial score (nSPS) is 14.4. The number of methoxy groups -OCH3 is 2. The van der Waals surface area contributed by atoms with E-state index in [4.69, 9.17) is 21.1 Å². The zero-order valence-electron chi connectivity index (χ0n) is 15.2. The van der Waals surface area contributed by atoms with Crippen LogP contribution in [0.25, 0.3) is 0 Å². The molecule has 0 aromatic heterocycles. The molecule has 26 heavy (non-hydrogen) atoms. The molecular weight excluding hydrogens is 352 g/mol. The molecule has 1 atom stereocenters. The van der Waals surface area contributed by atoms with Crippen LogP contribution in [-0.4, -0.2) is 31.7 Å². The highest BCUT2D eigenvalue weighted by atomic mass is 35.5. The maximum atomic E-state index is 12.7. The van der Waals surface area contributed by atoms with Crippen molar-refractivity contribution in [3.8, 4) is 11.5 Å². The largest absolute Gasteiger partial charge is 0.493 e. The second-order valence-electron chi connectivity index (χ2n) is 6.37. The molecule has 6 heteroatoms. The Labute approximate surface area is 158 Å². The van der Waals surface area contributed by atoms with Crippen LogP contribution in [0.1, 0.15) is 29.7 Å². The second-order valence-corrected chi connectivity index (χ2v) is 6.81. The molecule has 0 fully saturated rings. The average Bonchev–Trinajstić information content (AvgIpc) is 2.66. The Morgan fingerprint density at radius 3 is 2.50 bits per heavy atom. The van der Waals surface area contributed by atoms with Crippen molar-refractivity contribution in [1.29, 1.82) is 0 Å². The summed E-state index contributed by atoms with van der Waals surface area (Å²) in [5, 5.41) is 3.71. The third-order valence-corrected chi connectivity index (χ3v) is 4.93. The predicted octanol–water partition coefficient (Wildman–Crippen LogP) is 4.19. The van der Waals surface area contributed by atoms with Crippen LogP contribution in [0.2, 0.25) is 5.02 Å². The number of rotatable bonds is 4. The molecule has 5 nitrogen and oxygen atoms in total. The summed E-state index contributed by atoms with van der Waals surface area (Å²) < 4.78 is 10.7. The number of fused-ring (bicyclic) bond motifs is 1. The van der Waals surface area contributed by atoms with Crippen LogP contribution < -0.4 is 14.8 Å². The lowest BCUT2D eigenvalue weighted by Crippen LogP contribution is -2.43. The summed E-state index contributed by atoms with van der Waals surface area (Å²) in [6.45, 7) is 3.16. The molecule has 2 amide bonds. The average molecular weight is 375 g/mol. The monoisotopic (exact) mass is 374 g/mol. The first-order valence-electron chi connectivity index (χ1n) is 8.56. The molecule has 138 valence electrons. The van der Waals surface area contributed by atoms with Gasteiger partial charge in [-0.2, -0.15) is 0 Å². The Kier molecular flexibility index (Phi) is 5.57. The highest BCUT2D eigenvalue weighted by Gasteiger charge is 2.24. The number of benzene rings is 2. The SMILES string of the molecule is COc1cc2c(cc1OC)CN(C(=O)NC(C)c1cccc(Cl)c1)CC2. The van der Waals surface area contributed by atoms with Gasteiger partial charge in [-0.15, -0.1) is 0 Å². The molecule has 1 unspecified atom stereocenters. The summed E-state index contributed by atoms with van der Waals surface area (Å²) in [6.07, 6.45) is 0.786. The van der Waals surface area contributed by atoms with E-state index < -0.39 is 0 Å². The van der Waals surface area contributed by atoms with Crippen LogP contribution >= 0.6 is 11.6 Å². The number of hydrogen-bond acceptors (Lipinski definition) is 3. The van der Waals surface area contributed by atoms with Gasteiger partial charge in [0, 0.05) is 18.1 Å². The van der Waals surface area contributed by atoms with E-state index in [1.54, 1.807) is 14.2 Å². The van der Waals surface area contributed by atoms with Crippen LogP contribution in [0.3, 0.4) is 0 Å². The predicted molar refractivity (Wildman–Crippen MR) is 102 cm³/mol. The van der Waals surface area contributed by atoms with Crippen LogP contribution in [-0.2, 0) is 13.0 Å². The van der Waals surface area contributed by atoms with Gasteiger partial charge in [0.1, 0.15) is 0 Å². The minimum atomic E-state index is -0.118. The first-order valence-corrected chi connectivity index (χ1v) is 8.94. The lowest BCUT2D eigenvalue weighted by atomic mass is 9.99. The fourth-order valence-corrected chi connectivity index (χ4v) is 3.39. The number of halogens is 1. The van der Waals surface area contributed by atoms with Crippen molar-refractivity contribution in [1.82, 2.24) is 10.2 Å². The Morgan fingerprint density at radius 2 is 1.85 bits per heavy atom. The lowest BCUT2D eigenvalue weighted by molar-refractivity contribution is 0.189. The van der Waals surface area contributed by atoms with Crippen LogP contribution in [0.4, 0.5) is 4.79 Å². The number of urea groups is 1. The van der Waals surface area contributed by atoms with E-state index in [0.717, 1.165) is 23.3 Å². The second kappa shape index (κ2) is 7.87. The minimum Gasteiger partial charge on any atom is -0.493 e. The number of carbonyl (C=O) groups is 1. The van der Waals surface area contributed by atoms with E-state index in [2.05, 4.69) is 5.32 Å². The summed E-state index contributed by atoms with van der Waals surface area (Å²) in [5.74, 6) is 1.40. The number of ether oxygens (including phenoxy) is 2. The molecule has 1 heterocycles. The van der Waals surface area contributed by atoms with Gasteiger partial charge in [0.25, 0.3) is 0 Å². The first kappa shape index (κ1) is 18.4. The summed E-state index contributed by atoms with van der Waals surface area (Å²) >= 11 is 6.04. The number of nitrogens with zero attached hydrogens (tertiary/aromatic N) is 1. The van der Waals surface area contributed by atoms with Gasteiger partial charge in [0.15, 0.2) is 11.5 Å². The molecule has 0 bridgehead atoms. The third kappa shape index (κ3) is 3.88. The Morgan fingerprint density at radius 1 is 1.15 bits per heavy atom. The molecule has 2 aromatic rings. The first-order chi connectivity index (χ1) is 12.5. The third-order valence-electron chi connectivity index (χ3n) is 4.69. The maximum absolute atomic E-state index is 12.7. The van der Waals surface area contributed by atoms with Crippen molar-refractivity contribution < 1.29 is 14.3 Å². The van der Waals surface area contributed by atoms with Crippen molar-refractivity contribution in [2.24, 2.45) is 0 Å². The van der Waals surface area contributed by atoms with Crippen LogP contribution in [0, 0.1) is 0 Å². The summed E-state index contributed by atoms with van der Waals surface area (Å²) in [7, 11) is 3.24. The van der Waals surface area contributed by atoms with Gasteiger partial charge in [-0.3, -0.25) is 0 Å². The van der Waals surface area contributed by atoms with Gasteiger partial charge < -0.3 is 19.7 Å². The van der Waals surface area contributed by atoms with Gasteiger partial charge in [-0.25, -0.2) is 4.79 Å². The van der Waals surface area contributed by atoms with Crippen LogP contribution in [0.5, 0.6) is 11.5 Å². The van der Waals surface area contributed by atoms with E-state index in [9.17, 15) is 4.79 Å². The molecule has 0 spiro atoms. The summed E-state index contributed by atoms with van der Waals surface area (Å²) in [6, 6.07) is 11.3. The van der Waals surface area contributed by atoms with E-state index in [1.807, 2.05) is 48.2 Å². The molecule has 1 N–H and O–H groups in total. The topological polar surface area (TPSA) is 50.8 Å². The quantitative estimate of drug-likeness (QED) is 0.873. The molecule has 0 saturated heterocycles. The van der Waals surface area contributed by atoms with E-state index >= 15 is 0 Å². The van der Waals surface area contributed by atoms with E-state index in [1.165, 1.54) is 5.56 Å². The molecule has 0 radical (unpaired) electrons. The molecule has 1 aliphatic rings. The smallest absolute Gasteiger partial charge is 0.318 e. The molecule has 1 aliphatic heterocycles. The van der Waals surface area contributed by atoms with Crippen LogP contribution in [0.15, 0.2) is 36.4 Å². The van der Waals surface area contributed by atoms with Crippen molar-refractivity contribution in [3.05, 3.63) is 58.1 Å². The fraction of sp³-hybridized carbons (Fsp3) is 0.350. The number of amides is 2. The number of hydrogen-bond donors (Lipinski definition) is 1. The molecule has 3 rings (SSSR count). The van der Waals surface area contributed by atoms with Crippen molar-refractivity contribution in [2.45, 2.75) is 25.9 Å². The Balaban J connectivity index is 1.71. The van der Waals surface area contributed by atoms with Crippen molar-refractivity contribution >= 4 is 17.6 Å². The zero-order valence-corrected chi connectivity index (χ0v) is 16.0. The van der Waals surface area contributed by atoms with Gasteiger partial charge >= 0.3 is 6.03 Å². The summed E-state index contributed by atoms with van der Waals surface area (Å²) in [5.41, 5.74) is 3.25. The zero-order chi connectivity index (χ0) is 18.7. The van der Waals surface area contributed by atoms with E-state index in [0.29, 0.717) is 23.9 Å². The highest BCUT2D eigenvalue weighted by molar-refractivity contribution is 6.30. The standard InChI is InChI=1S/C20H23ClN2O3/c1-13(14-5-4-6-17(21)9-14)22-20(24)23-8-7-15-10-18(25-2)19(26-3)11-16(15)12-23/h4-6,9-11,13H,7-8,12H2,1-3H3,(H,22,24). The number of carbonyl (C=O) groups excluding carboxylic acids is 1. The van der Waals surface area contributed by atoms with Gasteiger partial charge in [-0.1, -0.05) is 23.7 Å². The molecule has 2 aromatic carbocycles. The van der Waals surface area contributed by atoms with Gasteiger partial charge in [-0.05, 0) is 54.3 Å². The minimum absolute atomic E-state index is 0.0853. The lowest BCUT2D eigenvalue weighted by Gasteiger charge is -2.31.